The minimum absolute atomic E-state index is 0.198. The van der Waals surface area contributed by atoms with Gasteiger partial charge in [-0.05, 0) is 19.8 Å². The molecule has 1 heterocycles. The summed E-state index contributed by atoms with van der Waals surface area (Å²) in [5.74, 6) is 0.383. The largest absolute Gasteiger partial charge is 0.464 e. The van der Waals surface area contributed by atoms with Crippen LogP contribution in [0.15, 0.2) is 0 Å². The molecule has 0 bridgehead atoms. The van der Waals surface area contributed by atoms with Crippen LogP contribution in [0, 0.1) is 12.8 Å². The summed E-state index contributed by atoms with van der Waals surface area (Å²) in [5.41, 5.74) is 0. The highest BCUT2D eigenvalue weighted by Gasteiger charge is 2.20. The molecule has 0 aromatic carbocycles. The monoisotopic (exact) mass is 157 g/mol. The number of carbonyl (C=O) groups excluding carboxylic acids is 1. The zero-order valence-corrected chi connectivity index (χ0v) is 6.49. The van der Waals surface area contributed by atoms with Crippen molar-refractivity contribution in [3.8, 4) is 0 Å². The fourth-order valence-corrected chi connectivity index (χ4v) is 1.27. The number of rotatable bonds is 3. The van der Waals surface area contributed by atoms with E-state index in [1.54, 1.807) is 0 Å². The van der Waals surface area contributed by atoms with Crippen molar-refractivity contribution in [2.75, 3.05) is 13.2 Å². The molecule has 1 unspecified atom stereocenters. The first kappa shape index (κ1) is 8.53. The lowest BCUT2D eigenvalue weighted by molar-refractivity contribution is -0.135. The summed E-state index contributed by atoms with van der Waals surface area (Å²) in [5, 5.41) is 0. The van der Waals surface area contributed by atoms with E-state index in [4.69, 9.17) is 9.47 Å². The normalized spacial score (nSPS) is 22.6. The molecular weight excluding hydrogens is 144 g/mol. The van der Waals surface area contributed by atoms with Gasteiger partial charge in [-0.1, -0.05) is 0 Å². The van der Waals surface area contributed by atoms with Crippen LogP contribution in [0.5, 0.6) is 0 Å². The number of ether oxygens (including phenoxy) is 2. The molecule has 63 valence electrons. The van der Waals surface area contributed by atoms with Crippen molar-refractivity contribution >= 4 is 6.47 Å². The Kier molecular flexibility index (Phi) is 3.36. The van der Waals surface area contributed by atoms with Gasteiger partial charge in [0.2, 0.25) is 0 Å². The SMILES string of the molecule is [CH2]C(OC=O)C1CCOCC1. The van der Waals surface area contributed by atoms with Gasteiger partial charge in [-0.2, -0.15) is 0 Å². The highest BCUT2D eigenvalue weighted by molar-refractivity contribution is 5.37. The summed E-state index contributed by atoms with van der Waals surface area (Å²) >= 11 is 0. The molecular formula is C8H13O3. The van der Waals surface area contributed by atoms with Gasteiger partial charge in [0.25, 0.3) is 6.47 Å². The minimum atomic E-state index is -0.198. The van der Waals surface area contributed by atoms with Crippen LogP contribution < -0.4 is 0 Å². The molecule has 0 aromatic heterocycles. The van der Waals surface area contributed by atoms with Crippen LogP contribution in [-0.2, 0) is 14.3 Å². The average Bonchev–Trinajstić information content (AvgIpc) is 2.07. The summed E-state index contributed by atoms with van der Waals surface area (Å²) in [6.45, 7) is 5.73. The Morgan fingerprint density at radius 3 is 2.73 bits per heavy atom. The van der Waals surface area contributed by atoms with E-state index >= 15 is 0 Å². The fraction of sp³-hybridized carbons (Fsp3) is 0.750. The third-order valence-electron chi connectivity index (χ3n) is 2.02. The van der Waals surface area contributed by atoms with Gasteiger partial charge in [0, 0.05) is 19.1 Å². The molecule has 0 amide bonds. The third kappa shape index (κ3) is 2.50. The second-order valence-corrected chi connectivity index (χ2v) is 2.72. The first-order valence-corrected chi connectivity index (χ1v) is 3.84. The maximum absolute atomic E-state index is 9.96. The Morgan fingerprint density at radius 1 is 1.55 bits per heavy atom. The lowest BCUT2D eigenvalue weighted by atomic mass is 9.95. The molecule has 1 radical (unpaired) electrons. The topological polar surface area (TPSA) is 35.5 Å². The summed E-state index contributed by atoms with van der Waals surface area (Å²) in [6, 6.07) is 0. The molecule has 0 N–H and O–H groups in total. The molecule has 1 aliphatic heterocycles. The van der Waals surface area contributed by atoms with Gasteiger partial charge in [-0.15, -0.1) is 0 Å². The molecule has 3 heteroatoms. The molecule has 1 rings (SSSR count). The first-order valence-electron chi connectivity index (χ1n) is 3.84. The van der Waals surface area contributed by atoms with Crippen molar-refractivity contribution < 1.29 is 14.3 Å². The van der Waals surface area contributed by atoms with Crippen LogP contribution in [0.1, 0.15) is 12.8 Å². The number of hydrogen-bond acceptors (Lipinski definition) is 3. The van der Waals surface area contributed by atoms with Crippen LogP contribution in [0.4, 0.5) is 0 Å². The molecule has 0 aromatic rings. The Bertz CT molecular complexity index is 119. The lowest BCUT2D eigenvalue weighted by Gasteiger charge is -2.25. The van der Waals surface area contributed by atoms with E-state index in [9.17, 15) is 4.79 Å². The van der Waals surface area contributed by atoms with Gasteiger partial charge < -0.3 is 9.47 Å². The molecule has 1 fully saturated rings. The minimum Gasteiger partial charge on any atom is -0.464 e. The summed E-state index contributed by atoms with van der Waals surface area (Å²) in [6.07, 6.45) is 1.70. The molecule has 1 saturated heterocycles. The predicted molar refractivity (Wildman–Crippen MR) is 39.8 cm³/mol. The molecule has 3 nitrogen and oxygen atoms in total. The fourth-order valence-electron chi connectivity index (χ4n) is 1.27. The molecule has 1 aliphatic rings. The standard InChI is InChI=1S/C8H13O3/c1-7(11-6-9)8-2-4-10-5-3-8/h6-8H,1-5H2. The maximum Gasteiger partial charge on any atom is 0.293 e. The quantitative estimate of drug-likeness (QED) is 0.568. The van der Waals surface area contributed by atoms with Crippen molar-refractivity contribution in [1.82, 2.24) is 0 Å². The van der Waals surface area contributed by atoms with Gasteiger partial charge in [0.1, 0.15) is 6.10 Å². The van der Waals surface area contributed by atoms with Gasteiger partial charge in [-0.25, -0.2) is 0 Å². The molecule has 0 aliphatic carbocycles. The third-order valence-corrected chi connectivity index (χ3v) is 2.02. The first-order chi connectivity index (χ1) is 5.34. The van der Waals surface area contributed by atoms with Gasteiger partial charge in [0.15, 0.2) is 0 Å². The Labute approximate surface area is 66.7 Å². The van der Waals surface area contributed by atoms with Crippen LogP contribution in [0.3, 0.4) is 0 Å². The molecule has 0 saturated carbocycles. The van der Waals surface area contributed by atoms with Crippen LogP contribution >= 0.6 is 0 Å². The van der Waals surface area contributed by atoms with Crippen molar-refractivity contribution in [1.29, 1.82) is 0 Å². The van der Waals surface area contributed by atoms with Crippen molar-refractivity contribution in [2.45, 2.75) is 18.9 Å². The van der Waals surface area contributed by atoms with Gasteiger partial charge in [-0.3, -0.25) is 4.79 Å². The Hall–Kier alpha value is -0.570. The zero-order valence-electron chi connectivity index (χ0n) is 6.49. The van der Waals surface area contributed by atoms with Crippen LogP contribution in [-0.4, -0.2) is 25.8 Å². The van der Waals surface area contributed by atoms with E-state index in [1.807, 2.05) is 0 Å². The maximum atomic E-state index is 9.96. The lowest BCUT2D eigenvalue weighted by Crippen LogP contribution is -2.27. The van der Waals surface area contributed by atoms with E-state index in [2.05, 4.69) is 6.92 Å². The summed E-state index contributed by atoms with van der Waals surface area (Å²) in [4.78, 5) is 9.96. The van der Waals surface area contributed by atoms with Crippen molar-refractivity contribution in [2.24, 2.45) is 5.92 Å². The van der Waals surface area contributed by atoms with Crippen molar-refractivity contribution in [3.05, 3.63) is 6.92 Å². The zero-order chi connectivity index (χ0) is 8.10. The Balaban J connectivity index is 2.26. The van der Waals surface area contributed by atoms with E-state index < -0.39 is 0 Å². The second-order valence-electron chi connectivity index (χ2n) is 2.72. The number of carbonyl (C=O) groups is 1. The van der Waals surface area contributed by atoms with E-state index in [-0.39, 0.29) is 6.10 Å². The van der Waals surface area contributed by atoms with Crippen molar-refractivity contribution in [3.63, 3.8) is 0 Å². The molecule has 0 spiro atoms. The van der Waals surface area contributed by atoms with E-state index in [0.29, 0.717) is 12.4 Å². The summed E-state index contributed by atoms with van der Waals surface area (Å²) in [7, 11) is 0. The van der Waals surface area contributed by atoms with Gasteiger partial charge in [0.05, 0.1) is 0 Å². The highest BCUT2D eigenvalue weighted by atomic mass is 16.5. The number of hydrogen-bond donors (Lipinski definition) is 0. The van der Waals surface area contributed by atoms with Gasteiger partial charge >= 0.3 is 0 Å². The summed E-state index contributed by atoms with van der Waals surface area (Å²) < 4.78 is 9.89. The second kappa shape index (κ2) is 4.34. The molecule has 11 heavy (non-hydrogen) atoms. The highest BCUT2D eigenvalue weighted by Crippen LogP contribution is 2.19. The van der Waals surface area contributed by atoms with Crippen LogP contribution in [0.25, 0.3) is 0 Å². The smallest absolute Gasteiger partial charge is 0.293 e. The predicted octanol–water partition coefficient (Wildman–Crippen LogP) is 0.789. The average molecular weight is 157 g/mol. The van der Waals surface area contributed by atoms with E-state index in [0.717, 1.165) is 26.1 Å². The van der Waals surface area contributed by atoms with Crippen LogP contribution in [0.2, 0.25) is 0 Å². The van der Waals surface area contributed by atoms with E-state index in [1.165, 1.54) is 0 Å². The Morgan fingerprint density at radius 2 is 2.18 bits per heavy atom. The molecule has 1 atom stereocenters.